The van der Waals surface area contributed by atoms with E-state index in [1.165, 1.54) is 6.08 Å². The molecule has 2 aromatic rings. The molecule has 0 bridgehead atoms. The third kappa shape index (κ3) is 3.78. The molecule has 1 fully saturated rings. The van der Waals surface area contributed by atoms with Gasteiger partial charge in [-0.1, -0.05) is 24.3 Å². The van der Waals surface area contributed by atoms with Gasteiger partial charge in [-0.25, -0.2) is 0 Å². The van der Waals surface area contributed by atoms with Gasteiger partial charge in [-0.2, -0.15) is 0 Å². The topological polar surface area (TPSA) is 103 Å². The van der Waals surface area contributed by atoms with E-state index in [0.717, 1.165) is 5.39 Å². The molecule has 142 valence electrons. The van der Waals surface area contributed by atoms with Crippen LogP contribution in [0.4, 0.5) is 0 Å². The summed E-state index contributed by atoms with van der Waals surface area (Å²) in [5.41, 5.74) is 0.590. The number of aromatic amines is 1. The number of hydrogen-bond acceptors (Lipinski definition) is 4. The molecule has 1 aliphatic rings. The number of aryl methyl sites for hydroxylation is 1. The Morgan fingerprint density at radius 2 is 2.04 bits per heavy atom. The number of aliphatic hydroxyl groups is 1. The second-order valence-electron chi connectivity index (χ2n) is 6.83. The molecule has 27 heavy (non-hydrogen) atoms. The number of nitrogens with one attached hydrogen (secondary N) is 2. The molecular formula is C20H23N3O4. The Morgan fingerprint density at radius 3 is 2.74 bits per heavy atom. The van der Waals surface area contributed by atoms with E-state index >= 15 is 0 Å². The highest BCUT2D eigenvalue weighted by Crippen LogP contribution is 2.19. The van der Waals surface area contributed by atoms with E-state index in [4.69, 9.17) is 0 Å². The molecule has 0 spiro atoms. The van der Waals surface area contributed by atoms with Crippen molar-refractivity contribution in [2.75, 3.05) is 19.6 Å². The fourth-order valence-electron chi connectivity index (χ4n) is 3.47. The number of fused-ring (bicyclic) bond motifs is 1. The number of H-pyrrole nitrogens is 1. The maximum absolute atomic E-state index is 12.6. The van der Waals surface area contributed by atoms with Crippen LogP contribution >= 0.6 is 0 Å². The monoisotopic (exact) mass is 369 g/mol. The summed E-state index contributed by atoms with van der Waals surface area (Å²) < 4.78 is 0. The Balaban J connectivity index is 1.71. The minimum absolute atomic E-state index is 0.0902. The summed E-state index contributed by atoms with van der Waals surface area (Å²) in [6.45, 7) is 6.17. The number of aliphatic hydroxyl groups excluding tert-OH is 1. The summed E-state index contributed by atoms with van der Waals surface area (Å²) >= 11 is 0. The van der Waals surface area contributed by atoms with Crippen molar-refractivity contribution >= 4 is 22.6 Å². The standard InChI is InChI=1S/C20H23N3O4/c1-3-6-17(25)23-10-13(16(24)11-23)9-21-20(27)18-12(2)14-7-4-5-8-15(14)19(26)22-18/h3-5,7-8,13,16,24H,1,6,9-11H2,2H3,(H,21,27)(H,22,26)/t13-,16-/m1/s1. The summed E-state index contributed by atoms with van der Waals surface area (Å²) in [7, 11) is 0. The number of carbonyl (C=O) groups excluding carboxylic acids is 2. The minimum Gasteiger partial charge on any atom is -0.391 e. The van der Waals surface area contributed by atoms with Gasteiger partial charge in [-0.15, -0.1) is 6.58 Å². The van der Waals surface area contributed by atoms with Gasteiger partial charge in [0.05, 0.1) is 6.10 Å². The molecule has 0 saturated carbocycles. The summed E-state index contributed by atoms with van der Waals surface area (Å²) in [6.07, 6.45) is 1.06. The fraction of sp³-hybridized carbons (Fsp3) is 0.350. The average Bonchev–Trinajstić information content (AvgIpc) is 3.04. The molecule has 2 atom stereocenters. The smallest absolute Gasteiger partial charge is 0.268 e. The highest BCUT2D eigenvalue weighted by molar-refractivity contribution is 5.99. The highest BCUT2D eigenvalue weighted by atomic mass is 16.3. The molecule has 1 aliphatic heterocycles. The molecule has 7 heteroatoms. The van der Waals surface area contributed by atoms with Crippen molar-refractivity contribution in [3.05, 3.63) is 58.5 Å². The van der Waals surface area contributed by atoms with Crippen molar-refractivity contribution in [3.8, 4) is 0 Å². The number of carbonyl (C=O) groups is 2. The van der Waals surface area contributed by atoms with Crippen molar-refractivity contribution in [2.45, 2.75) is 19.4 Å². The predicted octanol–water partition coefficient (Wildman–Crippen LogP) is 0.962. The van der Waals surface area contributed by atoms with Gasteiger partial charge in [-0.05, 0) is 23.9 Å². The first-order chi connectivity index (χ1) is 12.9. The van der Waals surface area contributed by atoms with Gasteiger partial charge >= 0.3 is 0 Å². The van der Waals surface area contributed by atoms with E-state index in [-0.39, 0.29) is 42.6 Å². The number of hydrogen-bond donors (Lipinski definition) is 3. The van der Waals surface area contributed by atoms with E-state index in [2.05, 4.69) is 16.9 Å². The third-order valence-electron chi connectivity index (χ3n) is 5.02. The van der Waals surface area contributed by atoms with Gasteiger partial charge in [0, 0.05) is 37.4 Å². The zero-order chi connectivity index (χ0) is 19.6. The zero-order valence-electron chi connectivity index (χ0n) is 15.2. The molecule has 0 radical (unpaired) electrons. The molecule has 7 nitrogen and oxygen atoms in total. The number of benzene rings is 1. The van der Waals surface area contributed by atoms with Crippen LogP contribution in [0.2, 0.25) is 0 Å². The normalized spacial score (nSPS) is 19.3. The highest BCUT2D eigenvalue weighted by Gasteiger charge is 2.33. The number of likely N-dealkylation sites (tertiary alicyclic amines) is 1. The average molecular weight is 369 g/mol. The Kier molecular flexibility index (Phi) is 5.41. The van der Waals surface area contributed by atoms with Gasteiger partial charge in [0.2, 0.25) is 5.91 Å². The van der Waals surface area contributed by atoms with Crippen LogP contribution in [0.5, 0.6) is 0 Å². The van der Waals surface area contributed by atoms with E-state index in [1.807, 2.05) is 6.07 Å². The molecule has 2 amide bonds. The Hall–Kier alpha value is -2.93. The van der Waals surface area contributed by atoms with E-state index in [9.17, 15) is 19.5 Å². The van der Waals surface area contributed by atoms with Crippen molar-refractivity contribution in [1.82, 2.24) is 15.2 Å². The van der Waals surface area contributed by atoms with E-state index < -0.39 is 12.0 Å². The lowest BCUT2D eigenvalue weighted by atomic mass is 10.0. The fourth-order valence-corrected chi connectivity index (χ4v) is 3.47. The van der Waals surface area contributed by atoms with Crippen molar-refractivity contribution in [1.29, 1.82) is 0 Å². The Bertz CT molecular complexity index is 950. The quantitative estimate of drug-likeness (QED) is 0.683. The second-order valence-corrected chi connectivity index (χ2v) is 6.83. The minimum atomic E-state index is -0.698. The molecule has 1 saturated heterocycles. The van der Waals surface area contributed by atoms with Gasteiger partial charge in [0.15, 0.2) is 0 Å². The lowest BCUT2D eigenvalue weighted by Crippen LogP contribution is -2.36. The largest absolute Gasteiger partial charge is 0.391 e. The first kappa shape index (κ1) is 18.8. The van der Waals surface area contributed by atoms with Crippen molar-refractivity contribution in [2.24, 2.45) is 5.92 Å². The Morgan fingerprint density at radius 1 is 1.33 bits per heavy atom. The SMILES string of the molecule is C=CCC(=O)N1C[C@@H](CNC(=O)c2[nH]c(=O)c3ccccc3c2C)[C@H](O)C1. The lowest BCUT2D eigenvalue weighted by molar-refractivity contribution is -0.129. The molecule has 0 aliphatic carbocycles. The number of aromatic nitrogens is 1. The van der Waals surface area contributed by atoms with Gasteiger partial charge in [-0.3, -0.25) is 14.4 Å². The zero-order valence-corrected chi connectivity index (χ0v) is 15.2. The molecule has 1 aromatic heterocycles. The lowest BCUT2D eigenvalue weighted by Gasteiger charge is -2.16. The molecule has 3 rings (SSSR count). The number of nitrogens with zero attached hydrogens (tertiary/aromatic N) is 1. The second kappa shape index (κ2) is 7.75. The van der Waals surface area contributed by atoms with Crippen LogP contribution in [0.15, 0.2) is 41.7 Å². The van der Waals surface area contributed by atoms with Crippen LogP contribution in [-0.2, 0) is 4.79 Å². The third-order valence-corrected chi connectivity index (χ3v) is 5.02. The van der Waals surface area contributed by atoms with Crippen LogP contribution in [0.1, 0.15) is 22.5 Å². The van der Waals surface area contributed by atoms with Crippen molar-refractivity contribution < 1.29 is 14.7 Å². The predicted molar refractivity (Wildman–Crippen MR) is 103 cm³/mol. The van der Waals surface area contributed by atoms with Crippen molar-refractivity contribution in [3.63, 3.8) is 0 Å². The molecule has 2 heterocycles. The summed E-state index contributed by atoms with van der Waals surface area (Å²) in [5.74, 6) is -0.749. The first-order valence-electron chi connectivity index (χ1n) is 8.89. The maximum atomic E-state index is 12.6. The van der Waals surface area contributed by atoms with E-state index in [0.29, 0.717) is 17.5 Å². The summed E-state index contributed by atoms with van der Waals surface area (Å²) in [5, 5.41) is 14.2. The molecule has 1 aromatic carbocycles. The molecule has 0 unspecified atom stereocenters. The van der Waals surface area contributed by atoms with Crippen LogP contribution in [0.25, 0.3) is 10.8 Å². The van der Waals surface area contributed by atoms with Crippen LogP contribution in [0, 0.1) is 12.8 Å². The first-order valence-corrected chi connectivity index (χ1v) is 8.89. The Labute approximate surface area is 156 Å². The van der Waals surface area contributed by atoms with Crippen LogP contribution < -0.4 is 10.9 Å². The summed E-state index contributed by atoms with van der Waals surface area (Å²) in [6, 6.07) is 7.12. The maximum Gasteiger partial charge on any atom is 0.268 e. The van der Waals surface area contributed by atoms with Crippen LogP contribution in [-0.4, -0.2) is 52.5 Å². The van der Waals surface area contributed by atoms with Gasteiger partial charge in [0.1, 0.15) is 5.69 Å². The number of amides is 2. The molecule has 3 N–H and O–H groups in total. The van der Waals surface area contributed by atoms with Crippen LogP contribution in [0.3, 0.4) is 0 Å². The molecular weight excluding hydrogens is 346 g/mol. The number of rotatable bonds is 5. The van der Waals surface area contributed by atoms with Gasteiger partial charge < -0.3 is 20.3 Å². The van der Waals surface area contributed by atoms with Gasteiger partial charge in [0.25, 0.3) is 11.5 Å². The van der Waals surface area contributed by atoms with E-state index in [1.54, 1.807) is 30.0 Å². The number of β-amino-alcohol motifs (C(OH)–C–C–N with tert-alkyl or cyclic N) is 1. The summed E-state index contributed by atoms with van der Waals surface area (Å²) in [4.78, 5) is 40.9. The number of pyridine rings is 1.